The fourth-order valence-corrected chi connectivity index (χ4v) is 2.98. The fraction of sp³-hybridized carbons (Fsp3) is 0.562. The average molecular weight is 291 g/mol. The van der Waals surface area contributed by atoms with Crippen molar-refractivity contribution in [3.8, 4) is 0 Å². The number of likely N-dealkylation sites (tertiary alicyclic amines) is 1. The lowest BCUT2D eigenvalue weighted by molar-refractivity contribution is 0.256. The van der Waals surface area contributed by atoms with Crippen molar-refractivity contribution < 1.29 is 0 Å². The van der Waals surface area contributed by atoms with Gasteiger partial charge >= 0.3 is 0 Å². The highest BCUT2D eigenvalue weighted by molar-refractivity contribution is 7.80. The molecular weight excluding hydrogens is 266 g/mol. The molecule has 4 heteroatoms. The van der Waals surface area contributed by atoms with Crippen molar-refractivity contribution in [2.45, 2.75) is 18.8 Å². The van der Waals surface area contributed by atoms with E-state index in [9.17, 15) is 0 Å². The van der Waals surface area contributed by atoms with Gasteiger partial charge in [-0.05, 0) is 38.5 Å². The molecule has 1 aromatic carbocycles. The summed E-state index contributed by atoms with van der Waals surface area (Å²) in [5.74, 6) is 0.148. The molecule has 2 rings (SSSR count). The first-order valence-corrected chi connectivity index (χ1v) is 7.83. The molecule has 1 atom stereocenters. The number of rotatable bonds is 7. The third-order valence-electron chi connectivity index (χ3n) is 4.04. The van der Waals surface area contributed by atoms with Crippen molar-refractivity contribution in [2.75, 3.05) is 39.8 Å². The summed E-state index contributed by atoms with van der Waals surface area (Å²) in [7, 11) is 2.16. The minimum atomic E-state index is 0.148. The third kappa shape index (κ3) is 4.54. The molecule has 3 nitrogen and oxygen atoms in total. The number of hydrogen-bond acceptors (Lipinski definition) is 3. The average Bonchev–Trinajstić information content (AvgIpc) is 2.96. The zero-order valence-electron chi connectivity index (χ0n) is 12.3. The summed E-state index contributed by atoms with van der Waals surface area (Å²) in [5.41, 5.74) is 7.15. The Morgan fingerprint density at radius 3 is 2.55 bits per heavy atom. The van der Waals surface area contributed by atoms with Crippen LogP contribution in [0, 0.1) is 0 Å². The third-order valence-corrected chi connectivity index (χ3v) is 4.32. The summed E-state index contributed by atoms with van der Waals surface area (Å²) in [6, 6.07) is 10.3. The number of benzene rings is 1. The Morgan fingerprint density at radius 2 is 1.95 bits per heavy atom. The van der Waals surface area contributed by atoms with E-state index < -0.39 is 0 Å². The fourth-order valence-electron chi connectivity index (χ4n) is 2.77. The van der Waals surface area contributed by atoms with Crippen LogP contribution in [-0.2, 0) is 0 Å². The van der Waals surface area contributed by atoms with Crippen molar-refractivity contribution in [1.82, 2.24) is 9.80 Å². The molecule has 0 amide bonds. The molecule has 0 aromatic heterocycles. The lowest BCUT2D eigenvalue weighted by Crippen LogP contribution is -2.36. The highest BCUT2D eigenvalue weighted by Gasteiger charge is 2.18. The largest absolute Gasteiger partial charge is 0.393 e. The predicted molar refractivity (Wildman–Crippen MR) is 89.1 cm³/mol. The number of thiocarbonyl (C=S) groups is 1. The standard InChI is InChI=1S/C16H25N3S/c1-18(11-12-19-9-5-6-10-19)13-15(16(17)20)14-7-3-2-4-8-14/h2-4,7-8,15H,5-6,9-13H2,1H3,(H2,17,20). The highest BCUT2D eigenvalue weighted by Crippen LogP contribution is 2.17. The molecular formula is C16H25N3S. The van der Waals surface area contributed by atoms with Crippen molar-refractivity contribution in [2.24, 2.45) is 5.73 Å². The first-order valence-electron chi connectivity index (χ1n) is 7.42. The topological polar surface area (TPSA) is 32.5 Å². The van der Waals surface area contributed by atoms with Gasteiger partial charge in [-0.3, -0.25) is 0 Å². The second-order valence-corrected chi connectivity index (χ2v) is 6.15. The number of hydrogen-bond donors (Lipinski definition) is 1. The Labute approximate surface area is 127 Å². The van der Waals surface area contributed by atoms with Gasteiger partial charge in [0.25, 0.3) is 0 Å². The van der Waals surface area contributed by atoms with Crippen LogP contribution in [0.15, 0.2) is 30.3 Å². The van der Waals surface area contributed by atoms with E-state index in [1.807, 2.05) is 18.2 Å². The maximum Gasteiger partial charge on any atom is 0.0816 e. The zero-order valence-corrected chi connectivity index (χ0v) is 13.1. The molecule has 0 aliphatic carbocycles. The Bertz CT molecular complexity index is 415. The van der Waals surface area contributed by atoms with E-state index in [4.69, 9.17) is 18.0 Å². The van der Waals surface area contributed by atoms with Crippen molar-refractivity contribution >= 4 is 17.2 Å². The summed E-state index contributed by atoms with van der Waals surface area (Å²) >= 11 is 5.25. The minimum absolute atomic E-state index is 0.148. The molecule has 1 saturated heterocycles. The van der Waals surface area contributed by atoms with Crippen molar-refractivity contribution in [3.63, 3.8) is 0 Å². The van der Waals surface area contributed by atoms with Crippen LogP contribution >= 0.6 is 12.2 Å². The number of nitrogens with zero attached hydrogens (tertiary/aromatic N) is 2. The molecule has 1 unspecified atom stereocenters. The molecule has 0 spiro atoms. The lowest BCUT2D eigenvalue weighted by Gasteiger charge is -2.25. The second kappa shape index (κ2) is 7.72. The first kappa shape index (κ1) is 15.4. The van der Waals surface area contributed by atoms with E-state index in [1.54, 1.807) is 0 Å². The molecule has 0 bridgehead atoms. The van der Waals surface area contributed by atoms with E-state index in [-0.39, 0.29) is 5.92 Å². The van der Waals surface area contributed by atoms with Gasteiger partial charge in [-0.1, -0.05) is 42.5 Å². The smallest absolute Gasteiger partial charge is 0.0816 e. The normalized spacial score (nSPS) is 17.5. The molecule has 20 heavy (non-hydrogen) atoms. The summed E-state index contributed by atoms with van der Waals surface area (Å²) in [5, 5.41) is 0. The van der Waals surface area contributed by atoms with E-state index in [1.165, 1.54) is 31.5 Å². The zero-order chi connectivity index (χ0) is 14.4. The first-order chi connectivity index (χ1) is 9.66. The molecule has 1 heterocycles. The van der Waals surface area contributed by atoms with Crippen LogP contribution in [-0.4, -0.2) is 54.6 Å². The molecule has 1 aromatic rings. The Kier molecular flexibility index (Phi) is 5.95. The highest BCUT2D eigenvalue weighted by atomic mass is 32.1. The molecule has 0 saturated carbocycles. The van der Waals surface area contributed by atoms with Crippen LogP contribution in [0.4, 0.5) is 0 Å². The second-order valence-electron chi connectivity index (χ2n) is 5.68. The Morgan fingerprint density at radius 1 is 1.30 bits per heavy atom. The monoisotopic (exact) mass is 291 g/mol. The molecule has 1 aliphatic heterocycles. The van der Waals surface area contributed by atoms with Crippen LogP contribution in [0.1, 0.15) is 24.3 Å². The van der Waals surface area contributed by atoms with Crippen LogP contribution in [0.25, 0.3) is 0 Å². The molecule has 0 radical (unpaired) electrons. The van der Waals surface area contributed by atoms with Crippen LogP contribution in [0.2, 0.25) is 0 Å². The quantitative estimate of drug-likeness (QED) is 0.780. The lowest BCUT2D eigenvalue weighted by atomic mass is 9.98. The van der Waals surface area contributed by atoms with E-state index in [2.05, 4.69) is 29.0 Å². The number of likely N-dealkylation sites (N-methyl/N-ethyl adjacent to an activating group) is 1. The summed E-state index contributed by atoms with van der Waals surface area (Å²) < 4.78 is 0. The van der Waals surface area contributed by atoms with Gasteiger partial charge in [-0.2, -0.15) is 0 Å². The van der Waals surface area contributed by atoms with Crippen molar-refractivity contribution in [1.29, 1.82) is 0 Å². The summed E-state index contributed by atoms with van der Waals surface area (Å²) in [6.07, 6.45) is 2.70. The van der Waals surface area contributed by atoms with E-state index in [0.717, 1.165) is 19.6 Å². The molecule has 1 fully saturated rings. The van der Waals surface area contributed by atoms with Gasteiger partial charge in [0.05, 0.1) is 4.99 Å². The summed E-state index contributed by atoms with van der Waals surface area (Å²) in [6.45, 7) is 5.63. The molecule has 110 valence electrons. The minimum Gasteiger partial charge on any atom is -0.393 e. The maximum atomic E-state index is 5.93. The van der Waals surface area contributed by atoms with Gasteiger partial charge in [0, 0.05) is 25.6 Å². The van der Waals surface area contributed by atoms with Gasteiger partial charge in [-0.15, -0.1) is 0 Å². The number of nitrogens with two attached hydrogens (primary N) is 1. The molecule has 1 aliphatic rings. The van der Waals surface area contributed by atoms with Gasteiger partial charge in [-0.25, -0.2) is 0 Å². The summed E-state index contributed by atoms with van der Waals surface area (Å²) in [4.78, 5) is 5.47. The van der Waals surface area contributed by atoms with E-state index in [0.29, 0.717) is 4.99 Å². The Balaban J connectivity index is 1.86. The van der Waals surface area contributed by atoms with Crippen LogP contribution in [0.3, 0.4) is 0 Å². The molecule has 2 N–H and O–H groups in total. The van der Waals surface area contributed by atoms with Gasteiger partial charge in [0.15, 0.2) is 0 Å². The van der Waals surface area contributed by atoms with E-state index >= 15 is 0 Å². The van der Waals surface area contributed by atoms with Crippen LogP contribution < -0.4 is 5.73 Å². The SMILES string of the molecule is CN(CCN1CCCC1)CC(C(N)=S)c1ccccc1. The van der Waals surface area contributed by atoms with Gasteiger partial charge < -0.3 is 15.5 Å². The predicted octanol–water partition coefficient (Wildman–Crippen LogP) is 2.08. The van der Waals surface area contributed by atoms with Gasteiger partial charge in [0.1, 0.15) is 0 Å². The van der Waals surface area contributed by atoms with Crippen molar-refractivity contribution in [3.05, 3.63) is 35.9 Å². The van der Waals surface area contributed by atoms with Gasteiger partial charge in [0.2, 0.25) is 0 Å². The maximum absolute atomic E-state index is 5.93. The van der Waals surface area contributed by atoms with Crippen LogP contribution in [0.5, 0.6) is 0 Å². The Hall–Kier alpha value is -0.970.